The summed E-state index contributed by atoms with van der Waals surface area (Å²) in [5.41, 5.74) is 4.52. The van der Waals surface area contributed by atoms with E-state index in [0.29, 0.717) is 5.69 Å². The Morgan fingerprint density at radius 3 is 2.60 bits per heavy atom. The van der Waals surface area contributed by atoms with E-state index in [0.717, 1.165) is 12.1 Å². The normalized spacial score (nSPS) is 12.7. The lowest BCUT2D eigenvalue weighted by molar-refractivity contribution is 0.472. The van der Waals surface area contributed by atoms with Crippen LogP contribution in [-0.4, -0.2) is 9.78 Å². The van der Waals surface area contributed by atoms with Crippen LogP contribution < -0.4 is 11.3 Å². The van der Waals surface area contributed by atoms with Crippen LogP contribution in [0.5, 0.6) is 0 Å². The third-order valence-corrected chi connectivity index (χ3v) is 3.41. The van der Waals surface area contributed by atoms with Gasteiger partial charge in [0.1, 0.15) is 0 Å². The molecular weight excluding hydrogens is 262 g/mol. The molecule has 20 heavy (non-hydrogen) atoms. The minimum absolute atomic E-state index is 0.168. The van der Waals surface area contributed by atoms with Gasteiger partial charge in [-0.25, -0.2) is 14.2 Å². The number of hydrazine groups is 1. The van der Waals surface area contributed by atoms with Crippen molar-refractivity contribution in [1.82, 2.24) is 15.2 Å². The summed E-state index contributed by atoms with van der Waals surface area (Å²) in [5.74, 6) is 3.80. The zero-order valence-corrected chi connectivity index (χ0v) is 11.7. The average molecular weight is 280 g/mol. The first-order valence-electron chi connectivity index (χ1n) is 6.43. The molecule has 0 aliphatic rings. The smallest absolute Gasteiger partial charge is 0.164 e. The van der Waals surface area contributed by atoms with Crippen molar-refractivity contribution in [3.05, 3.63) is 52.3 Å². The molecule has 1 atom stereocenters. The van der Waals surface area contributed by atoms with Crippen molar-refractivity contribution in [2.75, 3.05) is 0 Å². The van der Waals surface area contributed by atoms with Gasteiger partial charge in [0.2, 0.25) is 0 Å². The third kappa shape index (κ3) is 2.44. The Balaban J connectivity index is 2.52. The molecule has 0 aliphatic heterocycles. The molecule has 2 aromatic rings. The van der Waals surface area contributed by atoms with Crippen molar-refractivity contribution < 1.29 is 8.78 Å². The minimum Gasteiger partial charge on any atom is -0.271 e. The van der Waals surface area contributed by atoms with E-state index >= 15 is 0 Å². The molecule has 0 radical (unpaired) electrons. The molecule has 0 saturated heterocycles. The number of rotatable bonds is 4. The molecule has 0 spiro atoms. The monoisotopic (exact) mass is 280 g/mol. The second kappa shape index (κ2) is 5.68. The number of aryl methyl sites for hydroxylation is 3. The number of hydrogen-bond donors (Lipinski definition) is 2. The van der Waals surface area contributed by atoms with Crippen LogP contribution in [-0.2, 0) is 13.5 Å². The maximum Gasteiger partial charge on any atom is 0.164 e. The summed E-state index contributed by atoms with van der Waals surface area (Å²) in [4.78, 5) is 0. The maximum absolute atomic E-state index is 14.1. The van der Waals surface area contributed by atoms with Crippen LogP contribution in [0.15, 0.2) is 18.2 Å². The lowest BCUT2D eigenvalue weighted by atomic mass is 10.0. The molecule has 0 saturated carbocycles. The van der Waals surface area contributed by atoms with Crippen molar-refractivity contribution in [2.24, 2.45) is 12.9 Å². The van der Waals surface area contributed by atoms with Crippen LogP contribution in [0.25, 0.3) is 0 Å². The fourth-order valence-corrected chi connectivity index (χ4v) is 2.20. The lowest BCUT2D eigenvalue weighted by Gasteiger charge is -2.18. The van der Waals surface area contributed by atoms with Gasteiger partial charge < -0.3 is 0 Å². The van der Waals surface area contributed by atoms with Crippen LogP contribution in [0.1, 0.15) is 35.5 Å². The number of halogens is 2. The van der Waals surface area contributed by atoms with E-state index in [1.807, 2.05) is 13.0 Å². The Morgan fingerprint density at radius 2 is 2.05 bits per heavy atom. The largest absolute Gasteiger partial charge is 0.271 e. The van der Waals surface area contributed by atoms with E-state index < -0.39 is 17.7 Å². The molecule has 1 aromatic carbocycles. The first-order chi connectivity index (χ1) is 9.49. The highest BCUT2D eigenvalue weighted by atomic mass is 19.2. The molecule has 108 valence electrons. The lowest BCUT2D eigenvalue weighted by Crippen LogP contribution is -2.31. The van der Waals surface area contributed by atoms with E-state index in [4.69, 9.17) is 5.84 Å². The fraction of sp³-hybridized carbons (Fsp3) is 0.357. The highest BCUT2D eigenvalue weighted by Crippen LogP contribution is 2.26. The maximum atomic E-state index is 14.1. The molecule has 0 amide bonds. The van der Waals surface area contributed by atoms with Crippen molar-refractivity contribution in [2.45, 2.75) is 26.3 Å². The number of nitrogens with zero attached hydrogens (tertiary/aromatic N) is 2. The number of hydrogen-bond acceptors (Lipinski definition) is 3. The zero-order valence-electron chi connectivity index (χ0n) is 11.7. The van der Waals surface area contributed by atoms with Gasteiger partial charge in [0, 0.05) is 12.6 Å². The van der Waals surface area contributed by atoms with Gasteiger partial charge in [-0.05, 0) is 25.0 Å². The van der Waals surface area contributed by atoms with Gasteiger partial charge in [-0.2, -0.15) is 5.10 Å². The van der Waals surface area contributed by atoms with E-state index in [1.165, 1.54) is 19.1 Å². The number of nitrogens with two attached hydrogens (primary N) is 1. The van der Waals surface area contributed by atoms with Gasteiger partial charge in [-0.3, -0.25) is 10.5 Å². The molecule has 2 rings (SSSR count). The summed E-state index contributed by atoms with van der Waals surface area (Å²) in [6, 6.07) is 4.26. The van der Waals surface area contributed by atoms with E-state index in [9.17, 15) is 8.78 Å². The quantitative estimate of drug-likeness (QED) is 0.666. The molecule has 6 heteroatoms. The van der Waals surface area contributed by atoms with Crippen molar-refractivity contribution in [1.29, 1.82) is 0 Å². The Labute approximate surface area is 116 Å². The van der Waals surface area contributed by atoms with Crippen LogP contribution in [0.3, 0.4) is 0 Å². The second-order valence-corrected chi connectivity index (χ2v) is 4.74. The summed E-state index contributed by atoms with van der Waals surface area (Å²) in [5, 5.41) is 4.30. The van der Waals surface area contributed by atoms with Crippen molar-refractivity contribution in [3.8, 4) is 0 Å². The van der Waals surface area contributed by atoms with Gasteiger partial charge >= 0.3 is 0 Å². The summed E-state index contributed by atoms with van der Waals surface area (Å²) >= 11 is 0. The standard InChI is InChI=1S/C14H18F2N4/c1-4-9-7-11(20(3)19-9)14(18-17)10-6-5-8(2)12(15)13(10)16/h5-7,14,18H,4,17H2,1-3H3. The van der Waals surface area contributed by atoms with Crippen LogP contribution >= 0.6 is 0 Å². The zero-order chi connectivity index (χ0) is 14.9. The van der Waals surface area contributed by atoms with Gasteiger partial charge in [0.15, 0.2) is 11.6 Å². The van der Waals surface area contributed by atoms with Gasteiger partial charge in [-0.15, -0.1) is 0 Å². The van der Waals surface area contributed by atoms with E-state index in [2.05, 4.69) is 10.5 Å². The van der Waals surface area contributed by atoms with Crippen LogP contribution in [0.2, 0.25) is 0 Å². The first kappa shape index (κ1) is 14.6. The van der Waals surface area contributed by atoms with Crippen LogP contribution in [0, 0.1) is 18.6 Å². The summed E-state index contributed by atoms with van der Waals surface area (Å²) in [6.45, 7) is 3.50. The molecule has 0 aliphatic carbocycles. The molecular formula is C14H18F2N4. The Morgan fingerprint density at radius 1 is 1.35 bits per heavy atom. The van der Waals surface area contributed by atoms with E-state index in [1.54, 1.807) is 11.7 Å². The predicted octanol–water partition coefficient (Wildman–Crippen LogP) is 2.12. The molecule has 0 bridgehead atoms. The Bertz CT molecular complexity index is 622. The van der Waals surface area contributed by atoms with Gasteiger partial charge in [-0.1, -0.05) is 19.1 Å². The Hall–Kier alpha value is -1.79. The molecule has 1 unspecified atom stereocenters. The number of aromatic nitrogens is 2. The van der Waals surface area contributed by atoms with Gasteiger partial charge in [0.05, 0.1) is 17.4 Å². The summed E-state index contributed by atoms with van der Waals surface area (Å²) in [7, 11) is 1.75. The minimum atomic E-state index is -0.882. The highest BCUT2D eigenvalue weighted by Gasteiger charge is 2.23. The summed E-state index contributed by atoms with van der Waals surface area (Å²) in [6.07, 6.45) is 0.760. The SMILES string of the molecule is CCc1cc(C(NN)c2ccc(C)c(F)c2F)n(C)n1. The van der Waals surface area contributed by atoms with Crippen LogP contribution in [0.4, 0.5) is 8.78 Å². The second-order valence-electron chi connectivity index (χ2n) is 4.74. The van der Waals surface area contributed by atoms with E-state index in [-0.39, 0.29) is 11.1 Å². The molecule has 1 heterocycles. The fourth-order valence-electron chi connectivity index (χ4n) is 2.20. The molecule has 1 aromatic heterocycles. The average Bonchev–Trinajstić information content (AvgIpc) is 2.81. The Kier molecular flexibility index (Phi) is 4.15. The first-order valence-corrected chi connectivity index (χ1v) is 6.43. The topological polar surface area (TPSA) is 55.9 Å². The molecule has 3 N–H and O–H groups in total. The van der Waals surface area contributed by atoms with Gasteiger partial charge in [0.25, 0.3) is 0 Å². The number of nitrogens with one attached hydrogen (secondary N) is 1. The third-order valence-electron chi connectivity index (χ3n) is 3.41. The molecule has 0 fully saturated rings. The van der Waals surface area contributed by atoms with Crippen molar-refractivity contribution >= 4 is 0 Å². The predicted molar refractivity (Wildman–Crippen MR) is 72.8 cm³/mol. The molecule has 4 nitrogen and oxygen atoms in total. The highest BCUT2D eigenvalue weighted by molar-refractivity contribution is 5.33. The number of benzene rings is 1. The summed E-state index contributed by atoms with van der Waals surface area (Å²) < 4.78 is 29.4. The van der Waals surface area contributed by atoms with Crippen molar-refractivity contribution in [3.63, 3.8) is 0 Å².